The molecule has 1 unspecified atom stereocenters. The summed E-state index contributed by atoms with van der Waals surface area (Å²) in [4.78, 5) is 22.0. The molecule has 1 amide bonds. The summed E-state index contributed by atoms with van der Waals surface area (Å²) in [6.07, 6.45) is 0. The first-order valence-electron chi connectivity index (χ1n) is 3.90. The van der Waals surface area contributed by atoms with Gasteiger partial charge in [0.1, 0.15) is 0 Å². The number of hydrogen-bond donors (Lipinski definition) is 2. The van der Waals surface area contributed by atoms with Gasteiger partial charge in [-0.15, -0.1) is 0 Å². The fourth-order valence-electron chi connectivity index (χ4n) is 0.854. The van der Waals surface area contributed by atoms with Crippen molar-refractivity contribution in [1.82, 2.24) is 5.32 Å². The number of Topliss-reactive ketones (excluding diaryl/α,β-unsaturated/α-hetero) is 1. The third-order valence-corrected chi connectivity index (χ3v) is 1.84. The smallest absolute Gasteiger partial charge is 0.217 e. The lowest BCUT2D eigenvalue weighted by Gasteiger charge is -2.15. The van der Waals surface area contributed by atoms with E-state index in [1.54, 1.807) is 13.8 Å². The SMILES string of the molecule is CC(=O)NC(CS)C(=O)C(C)C. The highest BCUT2D eigenvalue weighted by atomic mass is 32.1. The van der Waals surface area contributed by atoms with E-state index in [0.29, 0.717) is 5.75 Å². The molecule has 0 aromatic rings. The first kappa shape index (κ1) is 11.5. The molecule has 0 saturated carbocycles. The van der Waals surface area contributed by atoms with E-state index in [1.807, 2.05) is 0 Å². The molecule has 0 aliphatic rings. The van der Waals surface area contributed by atoms with Gasteiger partial charge in [-0.05, 0) is 0 Å². The Kier molecular flexibility index (Phi) is 4.97. The Morgan fingerprint density at radius 3 is 2.17 bits per heavy atom. The van der Waals surface area contributed by atoms with E-state index < -0.39 is 6.04 Å². The van der Waals surface area contributed by atoms with Crippen LogP contribution < -0.4 is 5.32 Å². The van der Waals surface area contributed by atoms with Gasteiger partial charge in [0.15, 0.2) is 5.78 Å². The van der Waals surface area contributed by atoms with Crippen molar-refractivity contribution >= 4 is 24.3 Å². The number of thiol groups is 1. The molecule has 12 heavy (non-hydrogen) atoms. The molecular formula is C8H15NO2S. The molecule has 70 valence electrons. The molecule has 0 aromatic carbocycles. The maximum Gasteiger partial charge on any atom is 0.217 e. The normalized spacial score (nSPS) is 12.8. The number of carbonyl (C=O) groups excluding carboxylic acids is 2. The minimum atomic E-state index is -0.439. The Bertz CT molecular complexity index is 180. The van der Waals surface area contributed by atoms with Gasteiger partial charge < -0.3 is 5.32 Å². The van der Waals surface area contributed by atoms with Crippen LogP contribution in [0.3, 0.4) is 0 Å². The number of carbonyl (C=O) groups is 2. The molecule has 0 aliphatic heterocycles. The van der Waals surface area contributed by atoms with Crippen molar-refractivity contribution in [2.45, 2.75) is 26.8 Å². The third-order valence-electron chi connectivity index (χ3n) is 1.47. The second-order valence-electron chi connectivity index (χ2n) is 2.99. The first-order valence-corrected chi connectivity index (χ1v) is 4.54. The second-order valence-corrected chi connectivity index (χ2v) is 3.36. The number of ketones is 1. The molecule has 1 N–H and O–H groups in total. The van der Waals surface area contributed by atoms with E-state index in [2.05, 4.69) is 17.9 Å². The molecule has 0 bridgehead atoms. The average molecular weight is 189 g/mol. The number of hydrogen-bond acceptors (Lipinski definition) is 3. The van der Waals surface area contributed by atoms with Crippen LogP contribution in [0.1, 0.15) is 20.8 Å². The minimum absolute atomic E-state index is 0.0280. The molecule has 0 aliphatic carbocycles. The maximum atomic E-state index is 11.3. The van der Waals surface area contributed by atoms with Crippen molar-refractivity contribution < 1.29 is 9.59 Å². The third kappa shape index (κ3) is 3.76. The first-order chi connectivity index (χ1) is 5.49. The van der Waals surface area contributed by atoms with Crippen molar-refractivity contribution in [3.8, 4) is 0 Å². The van der Waals surface area contributed by atoms with E-state index in [4.69, 9.17) is 0 Å². The van der Waals surface area contributed by atoms with Crippen LogP contribution in [-0.2, 0) is 9.59 Å². The molecule has 1 atom stereocenters. The fraction of sp³-hybridized carbons (Fsp3) is 0.750. The van der Waals surface area contributed by atoms with Gasteiger partial charge in [-0.25, -0.2) is 0 Å². The lowest BCUT2D eigenvalue weighted by atomic mass is 10.0. The molecule has 0 heterocycles. The van der Waals surface area contributed by atoms with Gasteiger partial charge in [-0.1, -0.05) is 13.8 Å². The van der Waals surface area contributed by atoms with Gasteiger partial charge in [-0.2, -0.15) is 12.6 Å². The van der Waals surface area contributed by atoms with Gasteiger partial charge >= 0.3 is 0 Å². The number of rotatable bonds is 4. The van der Waals surface area contributed by atoms with E-state index in [-0.39, 0.29) is 17.6 Å². The van der Waals surface area contributed by atoms with Crippen LogP contribution in [0.25, 0.3) is 0 Å². The minimum Gasteiger partial charge on any atom is -0.346 e. The van der Waals surface area contributed by atoms with E-state index in [0.717, 1.165) is 0 Å². The predicted molar refractivity (Wildman–Crippen MR) is 51.3 cm³/mol. The Morgan fingerprint density at radius 2 is 1.92 bits per heavy atom. The van der Waals surface area contributed by atoms with Crippen LogP contribution in [0.15, 0.2) is 0 Å². The Hall–Kier alpha value is -0.510. The lowest BCUT2D eigenvalue weighted by molar-refractivity contribution is -0.127. The molecule has 0 radical (unpaired) electrons. The monoisotopic (exact) mass is 189 g/mol. The molecular weight excluding hydrogens is 174 g/mol. The summed E-state index contributed by atoms with van der Waals surface area (Å²) < 4.78 is 0. The summed E-state index contributed by atoms with van der Waals surface area (Å²) >= 11 is 3.99. The number of amides is 1. The van der Waals surface area contributed by atoms with Crippen molar-refractivity contribution in [2.75, 3.05) is 5.75 Å². The molecule has 0 fully saturated rings. The number of nitrogens with one attached hydrogen (secondary N) is 1. The quantitative estimate of drug-likeness (QED) is 0.638. The highest BCUT2D eigenvalue weighted by molar-refractivity contribution is 7.80. The van der Waals surface area contributed by atoms with Crippen LogP contribution in [0.4, 0.5) is 0 Å². The Morgan fingerprint density at radius 1 is 1.42 bits per heavy atom. The van der Waals surface area contributed by atoms with Gasteiger partial charge in [0.2, 0.25) is 5.91 Å². The summed E-state index contributed by atoms with van der Waals surface area (Å²) in [6, 6.07) is -0.439. The van der Waals surface area contributed by atoms with Crippen molar-refractivity contribution in [3.63, 3.8) is 0 Å². The van der Waals surface area contributed by atoms with Crippen LogP contribution in [0.5, 0.6) is 0 Å². The summed E-state index contributed by atoms with van der Waals surface area (Å²) in [7, 11) is 0. The zero-order valence-corrected chi connectivity index (χ0v) is 8.52. The van der Waals surface area contributed by atoms with Gasteiger partial charge in [-0.3, -0.25) is 9.59 Å². The van der Waals surface area contributed by atoms with Crippen molar-refractivity contribution in [2.24, 2.45) is 5.92 Å². The average Bonchev–Trinajstić information content (AvgIpc) is 1.98. The lowest BCUT2D eigenvalue weighted by Crippen LogP contribution is -2.43. The predicted octanol–water partition coefficient (Wildman–Crippen LogP) is 0.646. The summed E-state index contributed by atoms with van der Waals surface area (Å²) in [6.45, 7) is 5.01. The van der Waals surface area contributed by atoms with Crippen molar-refractivity contribution in [3.05, 3.63) is 0 Å². The molecule has 0 rings (SSSR count). The summed E-state index contributed by atoms with van der Waals surface area (Å²) in [5, 5.41) is 2.55. The summed E-state index contributed by atoms with van der Waals surface area (Å²) in [5.41, 5.74) is 0. The Labute approximate surface area is 78.3 Å². The van der Waals surface area contributed by atoms with Crippen LogP contribution in [0.2, 0.25) is 0 Å². The largest absolute Gasteiger partial charge is 0.346 e. The van der Waals surface area contributed by atoms with Crippen LogP contribution in [-0.4, -0.2) is 23.5 Å². The highest BCUT2D eigenvalue weighted by Crippen LogP contribution is 2.01. The van der Waals surface area contributed by atoms with Gasteiger partial charge in [0.05, 0.1) is 6.04 Å². The fourth-order valence-corrected chi connectivity index (χ4v) is 1.13. The molecule has 0 spiro atoms. The molecule has 0 aromatic heterocycles. The summed E-state index contributed by atoms with van der Waals surface area (Å²) in [5.74, 6) is 0.133. The highest BCUT2D eigenvalue weighted by Gasteiger charge is 2.19. The Balaban J connectivity index is 4.15. The zero-order valence-electron chi connectivity index (χ0n) is 7.63. The van der Waals surface area contributed by atoms with E-state index in [9.17, 15) is 9.59 Å². The van der Waals surface area contributed by atoms with E-state index >= 15 is 0 Å². The topological polar surface area (TPSA) is 46.2 Å². The van der Waals surface area contributed by atoms with Crippen LogP contribution in [0, 0.1) is 5.92 Å². The van der Waals surface area contributed by atoms with Gasteiger partial charge in [0.25, 0.3) is 0 Å². The van der Waals surface area contributed by atoms with Crippen LogP contribution >= 0.6 is 12.6 Å². The molecule has 3 nitrogen and oxygen atoms in total. The zero-order chi connectivity index (χ0) is 9.72. The standard InChI is InChI=1S/C8H15NO2S/c1-5(2)8(11)7(4-12)9-6(3)10/h5,7,12H,4H2,1-3H3,(H,9,10). The molecule has 0 saturated heterocycles. The van der Waals surface area contributed by atoms with E-state index in [1.165, 1.54) is 6.92 Å². The van der Waals surface area contributed by atoms with Crippen molar-refractivity contribution in [1.29, 1.82) is 0 Å². The van der Waals surface area contributed by atoms with Gasteiger partial charge in [0, 0.05) is 18.6 Å². The second kappa shape index (κ2) is 5.19. The maximum absolute atomic E-state index is 11.3. The molecule has 4 heteroatoms.